The summed E-state index contributed by atoms with van der Waals surface area (Å²) in [5, 5.41) is 8.44. The van der Waals surface area contributed by atoms with Crippen LogP contribution in [0.4, 0.5) is 18.9 Å². The number of methoxy groups -OCH3 is 1. The maximum absolute atomic E-state index is 13.0. The molecule has 33 heavy (non-hydrogen) atoms. The van der Waals surface area contributed by atoms with E-state index in [0.717, 1.165) is 18.0 Å². The van der Waals surface area contributed by atoms with Crippen LogP contribution < -0.4 is 10.1 Å². The molecule has 1 aromatic carbocycles. The van der Waals surface area contributed by atoms with E-state index < -0.39 is 17.9 Å². The number of pyridine rings is 1. The Kier molecular flexibility index (Phi) is 6.18. The number of nitrogens with one attached hydrogen (secondary N) is 1. The molecule has 2 heterocycles. The molecular formula is C23H26F3N5O2. The third kappa shape index (κ3) is 5.37. The van der Waals surface area contributed by atoms with E-state index in [1.807, 2.05) is 0 Å². The number of likely N-dealkylation sites (N-methyl/N-ethyl adjacent to an activating group) is 1. The standard InChI is InChI=1S/C23H26F3N5O2/c1-14(17-5-4-6-21(28-17)23(24,25)26)27-19-9-16-12-31(29-18(16)10-20(19)33-3)13-22(32)30(2)11-15-7-8-15/h4-6,9-10,12,14-15,27H,7-8,11,13H2,1-3H3. The zero-order valence-corrected chi connectivity index (χ0v) is 18.7. The largest absolute Gasteiger partial charge is 0.495 e. The van der Waals surface area contributed by atoms with Gasteiger partial charge in [-0.2, -0.15) is 18.3 Å². The van der Waals surface area contributed by atoms with Crippen LogP contribution in [0, 0.1) is 5.92 Å². The number of aromatic nitrogens is 3. The van der Waals surface area contributed by atoms with E-state index in [9.17, 15) is 18.0 Å². The van der Waals surface area contributed by atoms with E-state index in [1.54, 1.807) is 47.9 Å². The van der Waals surface area contributed by atoms with Gasteiger partial charge in [-0.15, -0.1) is 0 Å². The Balaban J connectivity index is 1.53. The predicted molar refractivity (Wildman–Crippen MR) is 118 cm³/mol. The molecule has 0 radical (unpaired) electrons. The van der Waals surface area contributed by atoms with Gasteiger partial charge in [-0.1, -0.05) is 6.07 Å². The first-order chi connectivity index (χ1) is 15.6. The number of amides is 1. The topological polar surface area (TPSA) is 72.3 Å². The van der Waals surface area contributed by atoms with Crippen molar-refractivity contribution in [3.63, 3.8) is 0 Å². The Morgan fingerprint density at radius 2 is 2.09 bits per heavy atom. The summed E-state index contributed by atoms with van der Waals surface area (Å²) in [6, 6.07) is 6.86. The van der Waals surface area contributed by atoms with Gasteiger partial charge in [-0.05, 0) is 43.9 Å². The number of anilines is 1. The molecule has 0 aliphatic heterocycles. The number of rotatable bonds is 8. The molecule has 1 unspecified atom stereocenters. The van der Waals surface area contributed by atoms with Crippen molar-refractivity contribution in [3.8, 4) is 5.75 Å². The Morgan fingerprint density at radius 3 is 2.76 bits per heavy atom. The zero-order chi connectivity index (χ0) is 23.8. The number of fused-ring (bicyclic) bond motifs is 1. The van der Waals surface area contributed by atoms with Crippen LogP contribution in [0.5, 0.6) is 5.75 Å². The molecular weight excluding hydrogens is 435 g/mol. The quantitative estimate of drug-likeness (QED) is 0.535. The molecule has 1 saturated carbocycles. The van der Waals surface area contributed by atoms with Crippen LogP contribution in [-0.4, -0.2) is 46.3 Å². The monoisotopic (exact) mass is 461 g/mol. The molecule has 1 fully saturated rings. The van der Waals surface area contributed by atoms with Crippen molar-refractivity contribution >= 4 is 22.5 Å². The summed E-state index contributed by atoms with van der Waals surface area (Å²) in [6.07, 6.45) is -0.387. The normalized spacial score (nSPS) is 14.8. The molecule has 0 saturated heterocycles. The molecule has 1 N–H and O–H groups in total. The first-order valence-electron chi connectivity index (χ1n) is 10.7. The molecule has 176 valence electrons. The van der Waals surface area contributed by atoms with Crippen molar-refractivity contribution < 1.29 is 22.7 Å². The lowest BCUT2D eigenvalue weighted by Gasteiger charge is -2.18. The highest BCUT2D eigenvalue weighted by molar-refractivity contribution is 5.86. The van der Waals surface area contributed by atoms with Crippen LogP contribution in [0.3, 0.4) is 0 Å². The highest BCUT2D eigenvalue weighted by atomic mass is 19.4. The molecule has 7 nitrogen and oxygen atoms in total. The first-order valence-corrected chi connectivity index (χ1v) is 10.7. The molecule has 0 bridgehead atoms. The number of halogens is 3. The smallest absolute Gasteiger partial charge is 0.433 e. The maximum Gasteiger partial charge on any atom is 0.433 e. The molecule has 0 spiro atoms. The third-order valence-corrected chi connectivity index (χ3v) is 5.70. The summed E-state index contributed by atoms with van der Waals surface area (Å²) >= 11 is 0. The number of alkyl halides is 3. The van der Waals surface area contributed by atoms with Gasteiger partial charge in [0.2, 0.25) is 5.91 Å². The molecule has 1 aliphatic rings. The van der Waals surface area contributed by atoms with E-state index in [1.165, 1.54) is 26.0 Å². The molecule has 4 rings (SSSR count). The van der Waals surface area contributed by atoms with Gasteiger partial charge in [0.05, 0.1) is 30.0 Å². The Labute approximate surface area is 189 Å². The number of hydrogen-bond acceptors (Lipinski definition) is 5. The lowest BCUT2D eigenvalue weighted by Crippen LogP contribution is -2.32. The summed E-state index contributed by atoms with van der Waals surface area (Å²) < 4.78 is 46.1. The van der Waals surface area contributed by atoms with Crippen LogP contribution in [-0.2, 0) is 17.5 Å². The highest BCUT2D eigenvalue weighted by Gasteiger charge is 2.32. The second-order valence-electron chi connectivity index (χ2n) is 8.47. The van der Waals surface area contributed by atoms with Crippen molar-refractivity contribution in [1.29, 1.82) is 0 Å². The van der Waals surface area contributed by atoms with Gasteiger partial charge >= 0.3 is 6.18 Å². The number of carbonyl (C=O) groups excluding carboxylic acids is 1. The van der Waals surface area contributed by atoms with E-state index in [4.69, 9.17) is 4.74 Å². The Hall–Kier alpha value is -3.30. The number of carbonyl (C=O) groups is 1. The molecule has 1 atom stereocenters. The van der Waals surface area contributed by atoms with Gasteiger partial charge in [0.15, 0.2) is 0 Å². The SMILES string of the molecule is COc1cc2nn(CC(=O)N(C)CC3CC3)cc2cc1NC(C)c1cccc(C(F)(F)F)n1. The minimum atomic E-state index is -4.51. The van der Waals surface area contributed by atoms with Crippen LogP contribution >= 0.6 is 0 Å². The number of ether oxygens (including phenoxy) is 1. The fraction of sp³-hybridized carbons (Fsp3) is 0.435. The van der Waals surface area contributed by atoms with Gasteiger partial charge in [0, 0.05) is 31.2 Å². The van der Waals surface area contributed by atoms with E-state index in [-0.39, 0.29) is 18.1 Å². The average Bonchev–Trinajstić information content (AvgIpc) is 3.50. The fourth-order valence-electron chi connectivity index (χ4n) is 3.67. The minimum absolute atomic E-state index is 0.00994. The molecule has 3 aromatic rings. The van der Waals surface area contributed by atoms with Gasteiger partial charge in [0.1, 0.15) is 18.0 Å². The van der Waals surface area contributed by atoms with Crippen LogP contribution in [0.15, 0.2) is 36.5 Å². The van der Waals surface area contributed by atoms with Crippen molar-refractivity contribution in [2.75, 3.05) is 26.0 Å². The number of nitrogens with zero attached hydrogens (tertiary/aromatic N) is 4. The van der Waals surface area contributed by atoms with Crippen LogP contribution in [0.2, 0.25) is 0 Å². The summed E-state index contributed by atoms with van der Waals surface area (Å²) in [4.78, 5) is 18.0. The van der Waals surface area contributed by atoms with E-state index in [2.05, 4.69) is 15.4 Å². The summed E-state index contributed by atoms with van der Waals surface area (Å²) in [7, 11) is 3.31. The second kappa shape index (κ2) is 8.92. The summed E-state index contributed by atoms with van der Waals surface area (Å²) in [5.41, 5.74) is 0.564. The molecule has 1 aliphatic carbocycles. The first kappa shape index (κ1) is 22.9. The second-order valence-corrected chi connectivity index (χ2v) is 8.47. The summed E-state index contributed by atoms with van der Waals surface area (Å²) in [6.45, 7) is 2.63. The Morgan fingerprint density at radius 1 is 1.33 bits per heavy atom. The molecule has 10 heteroatoms. The van der Waals surface area contributed by atoms with Crippen molar-refractivity contribution in [3.05, 3.63) is 47.9 Å². The molecule has 2 aromatic heterocycles. The minimum Gasteiger partial charge on any atom is -0.495 e. The van der Waals surface area contributed by atoms with Crippen molar-refractivity contribution in [1.82, 2.24) is 19.7 Å². The van der Waals surface area contributed by atoms with Gasteiger partial charge < -0.3 is 15.0 Å². The average molecular weight is 461 g/mol. The van der Waals surface area contributed by atoms with Crippen molar-refractivity contribution in [2.45, 2.75) is 38.5 Å². The van der Waals surface area contributed by atoms with E-state index in [0.29, 0.717) is 22.9 Å². The van der Waals surface area contributed by atoms with Crippen LogP contribution in [0.1, 0.15) is 37.2 Å². The van der Waals surface area contributed by atoms with E-state index >= 15 is 0 Å². The zero-order valence-electron chi connectivity index (χ0n) is 18.7. The van der Waals surface area contributed by atoms with Gasteiger partial charge in [-0.25, -0.2) is 4.98 Å². The highest BCUT2D eigenvalue weighted by Crippen LogP contribution is 2.33. The lowest BCUT2D eigenvalue weighted by atomic mass is 10.1. The predicted octanol–water partition coefficient (Wildman–Crippen LogP) is 4.50. The third-order valence-electron chi connectivity index (χ3n) is 5.70. The maximum atomic E-state index is 13.0. The van der Waals surface area contributed by atoms with Gasteiger partial charge in [0.25, 0.3) is 0 Å². The number of hydrogen-bond donors (Lipinski definition) is 1. The van der Waals surface area contributed by atoms with Crippen LogP contribution in [0.25, 0.3) is 10.9 Å². The van der Waals surface area contributed by atoms with Gasteiger partial charge in [-0.3, -0.25) is 9.48 Å². The lowest BCUT2D eigenvalue weighted by molar-refractivity contribution is -0.141. The fourth-order valence-corrected chi connectivity index (χ4v) is 3.67. The number of benzene rings is 1. The summed E-state index contributed by atoms with van der Waals surface area (Å²) in [5.74, 6) is 1.09. The van der Waals surface area contributed by atoms with Crippen molar-refractivity contribution in [2.24, 2.45) is 5.92 Å². The molecule has 1 amide bonds. The Bertz CT molecular complexity index is 1160.